The maximum atomic E-state index is 13.3. The van der Waals surface area contributed by atoms with Crippen LogP contribution in [0.3, 0.4) is 0 Å². The molecule has 0 radical (unpaired) electrons. The third-order valence-electron chi connectivity index (χ3n) is 3.26. The number of benzene rings is 1. The van der Waals surface area contributed by atoms with Gasteiger partial charge in [0, 0.05) is 22.8 Å². The average Bonchev–Trinajstić information content (AvgIpc) is 3.01. The van der Waals surface area contributed by atoms with Gasteiger partial charge in [0.05, 0.1) is 0 Å². The van der Waals surface area contributed by atoms with Gasteiger partial charge in [-0.1, -0.05) is 6.92 Å². The van der Waals surface area contributed by atoms with Crippen molar-refractivity contribution in [1.29, 1.82) is 0 Å². The molecule has 4 nitrogen and oxygen atoms in total. The summed E-state index contributed by atoms with van der Waals surface area (Å²) in [6.45, 7) is 2.63. The molecule has 0 bridgehead atoms. The highest BCUT2D eigenvalue weighted by Crippen LogP contribution is 2.36. The topological polar surface area (TPSA) is 63.2 Å². The van der Waals surface area contributed by atoms with Gasteiger partial charge >= 0.3 is 0 Å². The quantitative estimate of drug-likeness (QED) is 0.867. The van der Waals surface area contributed by atoms with E-state index in [9.17, 15) is 17.6 Å². The van der Waals surface area contributed by atoms with E-state index < -0.39 is 25.7 Å². The van der Waals surface area contributed by atoms with Crippen molar-refractivity contribution >= 4 is 25.6 Å². The Kier molecular flexibility index (Phi) is 3.82. The Labute approximate surface area is 115 Å². The molecule has 0 spiro atoms. The molecule has 19 heavy (non-hydrogen) atoms. The van der Waals surface area contributed by atoms with Gasteiger partial charge in [-0.15, -0.1) is 0 Å². The van der Waals surface area contributed by atoms with Crippen LogP contribution in [-0.4, -0.2) is 20.9 Å². The summed E-state index contributed by atoms with van der Waals surface area (Å²) in [6.07, 6.45) is 1.07. The van der Waals surface area contributed by atoms with Crippen molar-refractivity contribution in [2.75, 3.05) is 6.54 Å². The van der Waals surface area contributed by atoms with Crippen molar-refractivity contribution in [3.8, 4) is 0 Å². The van der Waals surface area contributed by atoms with Gasteiger partial charge < -0.3 is 5.32 Å². The minimum Gasteiger partial charge on any atom is -0.352 e. The first-order valence-electron chi connectivity index (χ1n) is 5.81. The number of rotatable bonds is 4. The zero-order valence-electron chi connectivity index (χ0n) is 10.2. The van der Waals surface area contributed by atoms with Crippen molar-refractivity contribution in [3.63, 3.8) is 0 Å². The molecular formula is C12H13ClFNO3S. The van der Waals surface area contributed by atoms with Gasteiger partial charge in [0.1, 0.15) is 10.7 Å². The fourth-order valence-electron chi connectivity index (χ4n) is 1.84. The third kappa shape index (κ3) is 3.45. The molecule has 2 rings (SSSR count). The summed E-state index contributed by atoms with van der Waals surface area (Å²) < 4.78 is 35.6. The molecule has 1 saturated carbocycles. The summed E-state index contributed by atoms with van der Waals surface area (Å²) in [4.78, 5) is 11.1. The van der Waals surface area contributed by atoms with Gasteiger partial charge in [-0.05, 0) is 36.5 Å². The zero-order chi connectivity index (χ0) is 14.2. The Morgan fingerprint density at radius 2 is 2.16 bits per heavy atom. The van der Waals surface area contributed by atoms with E-state index in [0.717, 1.165) is 18.6 Å². The van der Waals surface area contributed by atoms with E-state index in [-0.39, 0.29) is 5.56 Å². The molecule has 1 aromatic carbocycles. The Morgan fingerprint density at radius 3 is 2.68 bits per heavy atom. The highest BCUT2D eigenvalue weighted by Gasteiger charge is 2.32. The molecule has 0 aliphatic heterocycles. The Bertz CT molecular complexity index is 617. The van der Waals surface area contributed by atoms with Gasteiger partial charge in [0.25, 0.3) is 15.0 Å². The van der Waals surface area contributed by atoms with E-state index in [4.69, 9.17) is 10.7 Å². The molecule has 1 amide bonds. The Balaban J connectivity index is 2.14. The molecule has 1 N–H and O–H groups in total. The van der Waals surface area contributed by atoms with Gasteiger partial charge in [-0.3, -0.25) is 4.79 Å². The molecule has 7 heteroatoms. The van der Waals surface area contributed by atoms with E-state index in [1.54, 1.807) is 0 Å². The standard InChI is InChI=1S/C12H13ClFNO3S/c1-7-4-9(7)6-15-12(16)8-2-3-10(14)11(5-8)19(13,17)18/h2-3,5,7,9H,4,6H2,1H3,(H,15,16). The van der Waals surface area contributed by atoms with Crippen LogP contribution < -0.4 is 5.32 Å². The first-order chi connectivity index (χ1) is 8.79. The van der Waals surface area contributed by atoms with Crippen molar-refractivity contribution in [1.82, 2.24) is 5.32 Å². The second-order valence-corrected chi connectivity index (χ2v) is 7.30. The van der Waals surface area contributed by atoms with Gasteiger partial charge in [-0.25, -0.2) is 12.8 Å². The summed E-state index contributed by atoms with van der Waals surface area (Å²) in [7, 11) is 0.898. The van der Waals surface area contributed by atoms with Crippen molar-refractivity contribution in [3.05, 3.63) is 29.6 Å². The van der Waals surface area contributed by atoms with Crippen molar-refractivity contribution < 1.29 is 17.6 Å². The first-order valence-corrected chi connectivity index (χ1v) is 8.12. The van der Waals surface area contributed by atoms with Crippen LogP contribution in [0.5, 0.6) is 0 Å². The van der Waals surface area contributed by atoms with Crippen molar-refractivity contribution in [2.45, 2.75) is 18.2 Å². The molecular weight excluding hydrogens is 293 g/mol. The molecule has 1 aliphatic carbocycles. The molecule has 2 unspecified atom stereocenters. The summed E-state index contributed by atoms with van der Waals surface area (Å²) in [5.41, 5.74) is 0.0777. The normalized spacial score (nSPS) is 22.1. The summed E-state index contributed by atoms with van der Waals surface area (Å²) in [5, 5.41) is 2.69. The van der Waals surface area contributed by atoms with E-state index in [2.05, 4.69) is 12.2 Å². The minimum absolute atomic E-state index is 0.0777. The van der Waals surface area contributed by atoms with Crippen LogP contribution in [0.4, 0.5) is 4.39 Å². The number of nitrogens with one attached hydrogen (secondary N) is 1. The largest absolute Gasteiger partial charge is 0.352 e. The highest BCUT2D eigenvalue weighted by atomic mass is 35.7. The fourth-order valence-corrected chi connectivity index (χ4v) is 2.76. The van der Waals surface area contributed by atoms with Gasteiger partial charge in [0.15, 0.2) is 0 Å². The number of carbonyl (C=O) groups is 1. The minimum atomic E-state index is -4.20. The lowest BCUT2D eigenvalue weighted by molar-refractivity contribution is 0.0951. The molecule has 1 aromatic rings. The smallest absolute Gasteiger partial charge is 0.264 e. The van der Waals surface area contributed by atoms with Crippen LogP contribution >= 0.6 is 10.7 Å². The number of halogens is 2. The first kappa shape index (κ1) is 14.3. The number of amides is 1. The van der Waals surface area contributed by atoms with Crippen LogP contribution in [0.25, 0.3) is 0 Å². The Hall–Kier alpha value is -1.14. The van der Waals surface area contributed by atoms with E-state index in [1.807, 2.05) is 0 Å². The lowest BCUT2D eigenvalue weighted by atomic mass is 10.2. The summed E-state index contributed by atoms with van der Waals surface area (Å²) in [5.74, 6) is -0.323. The monoisotopic (exact) mass is 305 g/mol. The maximum Gasteiger partial charge on any atom is 0.264 e. The predicted molar refractivity (Wildman–Crippen MR) is 69.0 cm³/mol. The SMILES string of the molecule is CC1CC1CNC(=O)c1ccc(F)c(S(=O)(=O)Cl)c1. The number of carbonyl (C=O) groups excluding carboxylic acids is 1. The molecule has 104 valence electrons. The lowest BCUT2D eigenvalue weighted by Crippen LogP contribution is -2.26. The van der Waals surface area contributed by atoms with Gasteiger partial charge in [0.2, 0.25) is 0 Å². The molecule has 1 aliphatic rings. The highest BCUT2D eigenvalue weighted by molar-refractivity contribution is 8.13. The van der Waals surface area contributed by atoms with E-state index >= 15 is 0 Å². The second kappa shape index (κ2) is 5.09. The number of hydrogen-bond donors (Lipinski definition) is 1. The van der Waals surface area contributed by atoms with Crippen molar-refractivity contribution in [2.24, 2.45) is 11.8 Å². The van der Waals surface area contributed by atoms with Crippen LogP contribution in [0.1, 0.15) is 23.7 Å². The zero-order valence-corrected chi connectivity index (χ0v) is 11.8. The van der Waals surface area contributed by atoms with Crippen LogP contribution in [-0.2, 0) is 9.05 Å². The van der Waals surface area contributed by atoms with Gasteiger partial charge in [-0.2, -0.15) is 0 Å². The fraction of sp³-hybridized carbons (Fsp3) is 0.417. The third-order valence-corrected chi connectivity index (χ3v) is 4.59. The van der Waals surface area contributed by atoms with E-state index in [1.165, 1.54) is 6.07 Å². The second-order valence-electron chi connectivity index (χ2n) is 4.77. The molecule has 0 aromatic heterocycles. The number of hydrogen-bond acceptors (Lipinski definition) is 3. The molecule has 0 saturated heterocycles. The molecule has 1 fully saturated rings. The lowest BCUT2D eigenvalue weighted by Gasteiger charge is -2.06. The molecule has 0 heterocycles. The van der Waals surface area contributed by atoms with Crippen LogP contribution in [0, 0.1) is 17.7 Å². The van der Waals surface area contributed by atoms with Crippen LogP contribution in [0.2, 0.25) is 0 Å². The summed E-state index contributed by atoms with van der Waals surface area (Å²) in [6, 6.07) is 3.10. The maximum absolute atomic E-state index is 13.3. The summed E-state index contributed by atoms with van der Waals surface area (Å²) >= 11 is 0. The Morgan fingerprint density at radius 1 is 1.53 bits per heavy atom. The molecule has 2 atom stereocenters. The predicted octanol–water partition coefficient (Wildman–Crippen LogP) is 2.14. The average molecular weight is 306 g/mol. The van der Waals surface area contributed by atoms with Crippen LogP contribution in [0.15, 0.2) is 23.1 Å². The van der Waals surface area contributed by atoms with E-state index in [0.29, 0.717) is 18.4 Å².